The lowest BCUT2D eigenvalue weighted by molar-refractivity contribution is 0.174. The van der Waals surface area contributed by atoms with Crippen LogP contribution in [-0.4, -0.2) is 47.8 Å². The quantitative estimate of drug-likeness (QED) is 0.469. The summed E-state index contributed by atoms with van der Waals surface area (Å²) in [4.78, 5) is 6.75. The average molecular weight is 434 g/mol. The lowest BCUT2D eigenvalue weighted by Crippen LogP contribution is -2.23. The zero-order chi connectivity index (χ0) is 19.2. The molecule has 3 aromatic rings. The Hall–Kier alpha value is -2.35. The number of nitrogens with zero attached hydrogens (tertiary/aromatic N) is 3. The molecule has 0 N–H and O–H groups in total. The van der Waals surface area contributed by atoms with E-state index < -0.39 is 0 Å². The van der Waals surface area contributed by atoms with Gasteiger partial charge in [-0.15, -0.1) is 16.8 Å². The summed E-state index contributed by atoms with van der Waals surface area (Å²) in [7, 11) is 2.13. The van der Waals surface area contributed by atoms with E-state index in [4.69, 9.17) is 14.2 Å². The van der Waals surface area contributed by atoms with Crippen molar-refractivity contribution in [1.82, 2.24) is 14.3 Å². The summed E-state index contributed by atoms with van der Waals surface area (Å²) in [6.45, 7) is 2.87. The summed E-state index contributed by atoms with van der Waals surface area (Å²) in [6, 6.07) is 16.7. The van der Waals surface area contributed by atoms with Gasteiger partial charge in [-0.25, -0.2) is 0 Å². The normalized spacial score (nSPS) is 12.1. The third-order valence-corrected chi connectivity index (χ3v) is 5.31. The Morgan fingerprint density at radius 1 is 1.07 bits per heavy atom. The number of likely N-dealkylation sites (N-methyl/N-ethyl adjacent to an activating group) is 1. The van der Waals surface area contributed by atoms with E-state index in [2.05, 4.69) is 33.4 Å². The molecule has 8 heteroatoms. The van der Waals surface area contributed by atoms with Crippen LogP contribution in [0.15, 0.2) is 48.5 Å². The molecule has 2 heterocycles. The second kappa shape index (κ2) is 10.4. The number of hydrogen-bond donors (Lipinski definition) is 0. The highest BCUT2D eigenvalue weighted by molar-refractivity contribution is 7.09. The minimum atomic E-state index is 0. The molecule has 29 heavy (non-hydrogen) atoms. The van der Waals surface area contributed by atoms with Gasteiger partial charge in [-0.2, -0.15) is 4.98 Å². The van der Waals surface area contributed by atoms with Crippen LogP contribution in [-0.2, 0) is 6.42 Å². The van der Waals surface area contributed by atoms with Crippen LogP contribution in [0.4, 0.5) is 0 Å². The Kier molecular flexibility index (Phi) is 7.69. The van der Waals surface area contributed by atoms with Crippen LogP contribution in [0.25, 0.3) is 10.6 Å². The summed E-state index contributed by atoms with van der Waals surface area (Å²) >= 11 is 1.37. The fourth-order valence-electron chi connectivity index (χ4n) is 2.99. The first-order valence-electron chi connectivity index (χ1n) is 9.37. The summed E-state index contributed by atoms with van der Waals surface area (Å²) < 4.78 is 20.8. The van der Waals surface area contributed by atoms with E-state index in [0.29, 0.717) is 19.4 Å². The van der Waals surface area contributed by atoms with Crippen molar-refractivity contribution in [3.05, 3.63) is 54.1 Å². The molecule has 0 aliphatic carbocycles. The van der Waals surface area contributed by atoms with Crippen molar-refractivity contribution in [3.8, 4) is 28.1 Å². The van der Waals surface area contributed by atoms with Gasteiger partial charge >= 0.3 is 6.01 Å². The predicted octanol–water partition coefficient (Wildman–Crippen LogP) is 4.30. The zero-order valence-electron chi connectivity index (χ0n) is 16.2. The number of fused-ring (bicyclic) bond motifs is 1. The van der Waals surface area contributed by atoms with Crippen molar-refractivity contribution < 1.29 is 14.2 Å². The average Bonchev–Trinajstić information content (AvgIpc) is 3.39. The van der Waals surface area contributed by atoms with Crippen molar-refractivity contribution in [1.29, 1.82) is 0 Å². The number of halogens is 1. The Morgan fingerprint density at radius 3 is 2.76 bits per heavy atom. The number of benzene rings is 2. The summed E-state index contributed by atoms with van der Waals surface area (Å²) in [5.74, 6) is 1.68. The first-order valence-corrected chi connectivity index (χ1v) is 10.1. The van der Waals surface area contributed by atoms with E-state index in [1.165, 1.54) is 17.1 Å². The van der Waals surface area contributed by atoms with E-state index in [-0.39, 0.29) is 12.4 Å². The summed E-state index contributed by atoms with van der Waals surface area (Å²) in [6.07, 6.45) is 1.90. The van der Waals surface area contributed by atoms with Crippen LogP contribution in [0.2, 0.25) is 0 Å². The fraction of sp³-hybridized carbons (Fsp3) is 0.333. The Bertz CT molecular complexity index is 907. The van der Waals surface area contributed by atoms with E-state index in [0.717, 1.165) is 48.0 Å². The van der Waals surface area contributed by atoms with Gasteiger partial charge in [0.15, 0.2) is 11.5 Å². The molecule has 0 radical (unpaired) electrons. The maximum absolute atomic E-state index is 5.70. The molecule has 0 bridgehead atoms. The molecule has 1 aromatic heterocycles. The maximum atomic E-state index is 5.70. The molecule has 0 atom stereocenters. The van der Waals surface area contributed by atoms with E-state index >= 15 is 0 Å². The highest BCUT2D eigenvalue weighted by Crippen LogP contribution is 2.32. The van der Waals surface area contributed by atoms with E-state index in [1.54, 1.807) is 0 Å². The van der Waals surface area contributed by atoms with Crippen molar-refractivity contribution >= 4 is 23.9 Å². The molecule has 1 aliphatic heterocycles. The third-order valence-electron chi connectivity index (χ3n) is 4.56. The molecule has 4 rings (SSSR count). The smallest absolute Gasteiger partial charge is 0.328 e. The zero-order valence-corrected chi connectivity index (χ0v) is 17.9. The molecule has 154 valence electrons. The number of ether oxygens (including phenoxy) is 3. The lowest BCUT2D eigenvalue weighted by atomic mass is 10.1. The molecular formula is C21H24ClN3O3S. The first kappa shape index (κ1) is 21.4. The molecule has 0 unspecified atom stereocenters. The molecule has 0 fully saturated rings. The SMILES string of the molecule is CN(CCCOc1nsc(-c2ccccc2)n1)CCc1ccc2c(c1)OCO2.Cl. The Labute approximate surface area is 181 Å². The molecule has 1 aliphatic rings. The van der Waals surface area contributed by atoms with Crippen LogP contribution in [0.3, 0.4) is 0 Å². The van der Waals surface area contributed by atoms with Crippen LogP contribution in [0.1, 0.15) is 12.0 Å². The van der Waals surface area contributed by atoms with Gasteiger partial charge < -0.3 is 19.1 Å². The van der Waals surface area contributed by atoms with Gasteiger partial charge in [0.05, 0.1) is 6.61 Å². The first-order chi connectivity index (χ1) is 13.8. The summed E-state index contributed by atoms with van der Waals surface area (Å²) in [5.41, 5.74) is 2.32. The Morgan fingerprint density at radius 2 is 1.90 bits per heavy atom. The van der Waals surface area contributed by atoms with Gasteiger partial charge in [-0.1, -0.05) is 36.4 Å². The third kappa shape index (κ3) is 5.82. The van der Waals surface area contributed by atoms with Crippen molar-refractivity contribution in [2.45, 2.75) is 12.8 Å². The van der Waals surface area contributed by atoms with Gasteiger partial charge in [0.1, 0.15) is 5.01 Å². The molecule has 0 saturated carbocycles. The van der Waals surface area contributed by atoms with Crippen molar-refractivity contribution in [3.63, 3.8) is 0 Å². The van der Waals surface area contributed by atoms with E-state index in [1.807, 2.05) is 36.4 Å². The molecule has 2 aromatic carbocycles. The van der Waals surface area contributed by atoms with Gasteiger partial charge in [-0.05, 0) is 49.1 Å². The fourth-order valence-corrected chi connectivity index (χ4v) is 3.61. The van der Waals surface area contributed by atoms with Crippen molar-refractivity contribution in [2.24, 2.45) is 0 Å². The topological polar surface area (TPSA) is 56.7 Å². The van der Waals surface area contributed by atoms with Crippen LogP contribution >= 0.6 is 23.9 Å². The summed E-state index contributed by atoms with van der Waals surface area (Å²) in [5, 5.41) is 0.886. The van der Waals surface area contributed by atoms with Gasteiger partial charge in [-0.3, -0.25) is 0 Å². The minimum absolute atomic E-state index is 0. The van der Waals surface area contributed by atoms with Crippen LogP contribution in [0, 0.1) is 0 Å². The highest BCUT2D eigenvalue weighted by Gasteiger charge is 2.13. The van der Waals surface area contributed by atoms with Crippen molar-refractivity contribution in [2.75, 3.05) is 33.5 Å². The Balaban J connectivity index is 0.00000240. The largest absolute Gasteiger partial charge is 0.463 e. The van der Waals surface area contributed by atoms with Gasteiger partial charge in [0.25, 0.3) is 0 Å². The van der Waals surface area contributed by atoms with Gasteiger partial charge in [0.2, 0.25) is 6.79 Å². The lowest BCUT2D eigenvalue weighted by Gasteiger charge is -2.16. The van der Waals surface area contributed by atoms with Crippen LogP contribution in [0.5, 0.6) is 17.5 Å². The molecular weight excluding hydrogens is 410 g/mol. The highest BCUT2D eigenvalue weighted by atomic mass is 35.5. The standard InChI is InChI=1S/C21H23N3O3S.ClH/c1-24(12-10-16-8-9-18-19(14-16)27-15-26-18)11-5-13-25-21-22-20(28-23-21)17-6-3-2-4-7-17;/h2-4,6-9,14H,5,10-13,15H2,1H3;1H. The second-order valence-corrected chi connectivity index (χ2v) is 7.44. The predicted molar refractivity (Wildman–Crippen MR) is 116 cm³/mol. The molecule has 6 nitrogen and oxygen atoms in total. The molecule has 0 spiro atoms. The van der Waals surface area contributed by atoms with Gasteiger partial charge in [0, 0.05) is 18.7 Å². The minimum Gasteiger partial charge on any atom is -0.463 e. The molecule has 0 saturated heterocycles. The number of hydrogen-bond acceptors (Lipinski definition) is 7. The number of aromatic nitrogens is 2. The molecule has 0 amide bonds. The van der Waals surface area contributed by atoms with E-state index in [9.17, 15) is 0 Å². The number of rotatable bonds is 9. The maximum Gasteiger partial charge on any atom is 0.328 e. The van der Waals surface area contributed by atoms with Crippen LogP contribution < -0.4 is 14.2 Å². The monoisotopic (exact) mass is 433 g/mol. The second-order valence-electron chi connectivity index (χ2n) is 6.69.